The van der Waals surface area contributed by atoms with Crippen LogP contribution in [0.25, 0.3) is 0 Å². The molecular weight excluding hydrogens is 416 g/mol. The summed E-state index contributed by atoms with van der Waals surface area (Å²) in [6.45, 7) is 4.11. The van der Waals surface area contributed by atoms with Crippen molar-refractivity contribution in [1.82, 2.24) is 9.80 Å². The minimum Gasteiger partial charge on any atom is -0.454 e. The first-order valence-electron chi connectivity index (χ1n) is 12.0. The number of amides is 1. The lowest BCUT2D eigenvalue weighted by atomic mass is 9.81. The van der Waals surface area contributed by atoms with Crippen molar-refractivity contribution in [2.75, 3.05) is 13.3 Å². The third-order valence-corrected chi connectivity index (χ3v) is 8.08. The number of carbonyl (C=O) groups excluding carboxylic acids is 1. The Morgan fingerprint density at radius 3 is 2.70 bits per heavy atom. The number of ether oxygens (including phenoxy) is 2. The lowest BCUT2D eigenvalue weighted by molar-refractivity contribution is -0.134. The Balaban J connectivity index is 1.33. The number of nitrogens with two attached hydrogens (primary N) is 1. The zero-order valence-corrected chi connectivity index (χ0v) is 18.9. The molecule has 7 heteroatoms. The molecule has 0 aliphatic carbocycles. The minimum atomic E-state index is -0.0301. The predicted molar refractivity (Wildman–Crippen MR) is 124 cm³/mol. The normalized spacial score (nSPS) is 30.0. The van der Waals surface area contributed by atoms with Gasteiger partial charge in [-0.1, -0.05) is 37.3 Å². The molecule has 5 atom stereocenters. The third-order valence-electron chi connectivity index (χ3n) is 8.08. The SMILES string of the molecule is CC[C@@H]1[C@@H]2[C@H](C(=O)N1Cc1ccc3c(c1)OCO3)C(c1ccc(C(=N)N)cc1)N1CCC[C@@H]21. The number of hydrogen-bond donors (Lipinski definition) is 2. The van der Waals surface area contributed by atoms with Crippen LogP contribution < -0.4 is 15.2 Å². The molecule has 0 radical (unpaired) electrons. The maximum atomic E-state index is 14.0. The molecule has 0 bridgehead atoms. The Labute approximate surface area is 194 Å². The number of fused-ring (bicyclic) bond motifs is 4. The van der Waals surface area contributed by atoms with Gasteiger partial charge in [0.15, 0.2) is 11.5 Å². The molecule has 0 aromatic heterocycles. The molecule has 7 nitrogen and oxygen atoms in total. The Kier molecular flexibility index (Phi) is 4.83. The average Bonchev–Trinajstić information content (AvgIpc) is 3.57. The standard InChI is InChI=1S/C26H30N4O3/c1-2-18-22-19-4-3-11-29(19)24(16-6-8-17(9-7-16)25(27)28)23(22)26(31)30(18)13-15-5-10-20-21(12-15)33-14-32-20/h5-10,12,18-19,22-24H,2-4,11,13-14H2,1H3,(H3,27,28)/t18-,19+,22+,23+,24?/m1/s1. The van der Waals surface area contributed by atoms with Crippen LogP contribution in [0, 0.1) is 17.2 Å². The highest BCUT2D eigenvalue weighted by Gasteiger charge is 2.61. The van der Waals surface area contributed by atoms with E-state index in [9.17, 15) is 4.79 Å². The highest BCUT2D eigenvalue weighted by atomic mass is 16.7. The van der Waals surface area contributed by atoms with E-state index >= 15 is 0 Å². The van der Waals surface area contributed by atoms with E-state index in [1.54, 1.807) is 0 Å². The maximum absolute atomic E-state index is 14.0. The van der Waals surface area contributed by atoms with Crippen LogP contribution >= 0.6 is 0 Å². The Morgan fingerprint density at radius 2 is 1.94 bits per heavy atom. The molecule has 2 aromatic carbocycles. The highest BCUT2D eigenvalue weighted by molar-refractivity contribution is 5.95. The fraction of sp³-hybridized carbons (Fsp3) is 0.462. The topological polar surface area (TPSA) is 91.9 Å². The van der Waals surface area contributed by atoms with Crippen LogP contribution in [-0.2, 0) is 11.3 Å². The first-order chi connectivity index (χ1) is 16.1. The molecule has 4 aliphatic rings. The third kappa shape index (κ3) is 3.13. The number of hydrogen-bond acceptors (Lipinski definition) is 5. The second-order valence-corrected chi connectivity index (χ2v) is 9.66. The van der Waals surface area contributed by atoms with Crippen molar-refractivity contribution in [1.29, 1.82) is 5.41 Å². The van der Waals surface area contributed by atoms with E-state index in [0.29, 0.717) is 18.5 Å². The quantitative estimate of drug-likeness (QED) is 0.543. The van der Waals surface area contributed by atoms with Gasteiger partial charge in [-0.15, -0.1) is 0 Å². The molecule has 6 rings (SSSR count). The monoisotopic (exact) mass is 446 g/mol. The van der Waals surface area contributed by atoms with Gasteiger partial charge < -0.3 is 20.1 Å². The summed E-state index contributed by atoms with van der Waals surface area (Å²) >= 11 is 0. The van der Waals surface area contributed by atoms with Crippen molar-refractivity contribution >= 4 is 11.7 Å². The molecule has 4 aliphatic heterocycles. The second kappa shape index (κ2) is 7.76. The smallest absolute Gasteiger partial charge is 0.231 e. The van der Waals surface area contributed by atoms with Gasteiger partial charge in [0.25, 0.3) is 0 Å². The van der Waals surface area contributed by atoms with E-state index in [4.69, 9.17) is 20.6 Å². The van der Waals surface area contributed by atoms with Crippen LogP contribution in [0.15, 0.2) is 42.5 Å². The summed E-state index contributed by atoms with van der Waals surface area (Å²) in [4.78, 5) is 18.7. The van der Waals surface area contributed by atoms with Crippen LogP contribution in [-0.4, -0.2) is 47.0 Å². The van der Waals surface area contributed by atoms with Crippen molar-refractivity contribution in [3.05, 3.63) is 59.2 Å². The molecule has 33 heavy (non-hydrogen) atoms. The van der Waals surface area contributed by atoms with Crippen LogP contribution in [0.1, 0.15) is 48.9 Å². The zero-order valence-electron chi connectivity index (χ0n) is 18.9. The first kappa shape index (κ1) is 20.5. The lowest BCUT2D eigenvalue weighted by Gasteiger charge is -2.33. The van der Waals surface area contributed by atoms with Gasteiger partial charge in [0.2, 0.25) is 12.7 Å². The van der Waals surface area contributed by atoms with Crippen molar-refractivity contribution in [3.8, 4) is 11.5 Å². The highest BCUT2D eigenvalue weighted by Crippen LogP contribution is 2.55. The van der Waals surface area contributed by atoms with Crippen LogP contribution in [0.2, 0.25) is 0 Å². The molecule has 0 spiro atoms. The fourth-order valence-corrected chi connectivity index (χ4v) is 6.77. The van der Waals surface area contributed by atoms with E-state index in [-0.39, 0.29) is 36.5 Å². The largest absolute Gasteiger partial charge is 0.454 e. The van der Waals surface area contributed by atoms with Gasteiger partial charge in [-0.2, -0.15) is 0 Å². The molecule has 1 amide bonds. The van der Waals surface area contributed by atoms with Gasteiger partial charge in [-0.25, -0.2) is 0 Å². The molecule has 1 unspecified atom stereocenters. The average molecular weight is 447 g/mol. The molecule has 172 valence electrons. The Bertz CT molecular complexity index is 1100. The zero-order chi connectivity index (χ0) is 22.7. The second-order valence-electron chi connectivity index (χ2n) is 9.66. The summed E-state index contributed by atoms with van der Waals surface area (Å²) in [6, 6.07) is 14.7. The number of nitrogens with one attached hydrogen (secondary N) is 1. The van der Waals surface area contributed by atoms with Crippen molar-refractivity contribution in [2.24, 2.45) is 17.6 Å². The molecular formula is C26H30N4O3. The summed E-state index contributed by atoms with van der Waals surface area (Å²) in [5.41, 5.74) is 8.63. The molecule has 3 fully saturated rings. The molecule has 3 N–H and O–H groups in total. The van der Waals surface area contributed by atoms with Gasteiger partial charge in [-0.05, 0) is 49.1 Å². The van der Waals surface area contributed by atoms with Gasteiger partial charge >= 0.3 is 0 Å². The van der Waals surface area contributed by atoms with Crippen molar-refractivity contribution in [2.45, 2.75) is 50.9 Å². The number of rotatable bonds is 5. The number of amidine groups is 1. The lowest BCUT2D eigenvalue weighted by Crippen LogP contribution is -2.41. The molecule has 3 saturated heterocycles. The maximum Gasteiger partial charge on any atom is 0.231 e. The summed E-state index contributed by atoms with van der Waals surface area (Å²) in [5.74, 6) is 2.18. The van der Waals surface area contributed by atoms with E-state index in [1.807, 2.05) is 30.3 Å². The number of benzene rings is 2. The van der Waals surface area contributed by atoms with E-state index < -0.39 is 0 Å². The summed E-state index contributed by atoms with van der Waals surface area (Å²) < 4.78 is 11.0. The van der Waals surface area contributed by atoms with Crippen LogP contribution in [0.3, 0.4) is 0 Å². The first-order valence-corrected chi connectivity index (χ1v) is 12.0. The molecule has 2 aromatic rings. The summed E-state index contributed by atoms with van der Waals surface area (Å²) in [5, 5.41) is 7.70. The molecule has 4 heterocycles. The van der Waals surface area contributed by atoms with E-state index in [2.05, 4.69) is 28.9 Å². The van der Waals surface area contributed by atoms with Gasteiger partial charge in [-0.3, -0.25) is 15.1 Å². The molecule has 0 saturated carbocycles. The fourth-order valence-electron chi connectivity index (χ4n) is 6.77. The van der Waals surface area contributed by atoms with Gasteiger partial charge in [0.1, 0.15) is 5.84 Å². The van der Waals surface area contributed by atoms with Crippen LogP contribution in [0.5, 0.6) is 11.5 Å². The minimum absolute atomic E-state index is 0.0301. The van der Waals surface area contributed by atoms with Crippen molar-refractivity contribution < 1.29 is 14.3 Å². The van der Waals surface area contributed by atoms with Gasteiger partial charge in [0.05, 0.1) is 5.92 Å². The number of likely N-dealkylation sites (tertiary alicyclic amines) is 1. The Hall–Kier alpha value is -3.06. The number of nitrogens with zero attached hydrogens (tertiary/aromatic N) is 2. The van der Waals surface area contributed by atoms with E-state index in [0.717, 1.165) is 47.6 Å². The van der Waals surface area contributed by atoms with Gasteiger partial charge in [0, 0.05) is 36.2 Å². The summed E-state index contributed by atoms with van der Waals surface area (Å²) in [7, 11) is 0. The van der Waals surface area contributed by atoms with Crippen LogP contribution in [0.4, 0.5) is 0 Å². The number of carbonyl (C=O) groups is 1. The number of nitrogen functional groups attached to an aromatic ring is 1. The van der Waals surface area contributed by atoms with E-state index in [1.165, 1.54) is 6.42 Å². The predicted octanol–water partition coefficient (Wildman–Crippen LogP) is 3.27. The Morgan fingerprint density at radius 1 is 1.15 bits per heavy atom. The van der Waals surface area contributed by atoms with Crippen molar-refractivity contribution in [3.63, 3.8) is 0 Å². The summed E-state index contributed by atoms with van der Waals surface area (Å²) in [6.07, 6.45) is 3.30.